The van der Waals surface area contributed by atoms with Crippen molar-refractivity contribution < 1.29 is 0 Å². The third-order valence-electron chi connectivity index (χ3n) is 1.89. The molecule has 0 aromatic heterocycles. The Bertz CT molecular complexity index is 126. The van der Waals surface area contributed by atoms with Crippen LogP contribution in [0.25, 0.3) is 0 Å². The van der Waals surface area contributed by atoms with Crippen LogP contribution in [0.15, 0.2) is 10.4 Å². The molecule has 0 bridgehead atoms. The minimum Gasteiger partial charge on any atom is -0.254 e. The van der Waals surface area contributed by atoms with Gasteiger partial charge in [0.25, 0.3) is 0 Å². The lowest BCUT2D eigenvalue weighted by atomic mass is 10.2. The molecule has 0 fully saturated rings. The first kappa shape index (κ1) is 6.32. The summed E-state index contributed by atoms with van der Waals surface area (Å²) < 4.78 is 0. The molecule has 0 atom stereocenters. The minimum absolute atomic E-state index is 0.0556. The molecule has 1 aliphatic heterocycles. The molecule has 1 heterocycles. The average Bonchev–Trinajstić information content (AvgIpc) is 1.96. The monoisotopic (exact) mass is 128 g/mol. The third kappa shape index (κ3) is 0.742. The summed E-state index contributed by atoms with van der Waals surface area (Å²) in [7, 11) is 3.82. The summed E-state index contributed by atoms with van der Waals surface area (Å²) in [5.74, 6) is 0. The molecule has 4 nitrogen and oxygen atoms in total. The van der Waals surface area contributed by atoms with Gasteiger partial charge < -0.3 is 0 Å². The van der Waals surface area contributed by atoms with Crippen LogP contribution in [0.4, 0.5) is 0 Å². The zero-order chi connectivity index (χ0) is 7.07. The Morgan fingerprint density at radius 2 is 1.33 bits per heavy atom. The second-order valence-electron chi connectivity index (χ2n) is 2.72. The molecule has 9 heavy (non-hydrogen) atoms. The fourth-order valence-electron chi connectivity index (χ4n) is 0.548. The van der Waals surface area contributed by atoms with Gasteiger partial charge >= 0.3 is 0 Å². The molecule has 0 spiro atoms. The van der Waals surface area contributed by atoms with Gasteiger partial charge in [0.1, 0.15) is 5.66 Å². The van der Waals surface area contributed by atoms with Crippen molar-refractivity contribution in [1.29, 1.82) is 0 Å². The smallest absolute Gasteiger partial charge is 0.142 e. The molecule has 52 valence electrons. The molecule has 0 saturated carbocycles. The predicted molar refractivity (Wildman–Crippen MR) is 34.5 cm³/mol. The molecule has 0 aliphatic carbocycles. The van der Waals surface area contributed by atoms with E-state index in [-0.39, 0.29) is 5.66 Å². The molecule has 0 unspecified atom stereocenters. The lowest BCUT2D eigenvalue weighted by Gasteiger charge is -2.30. The molecule has 1 aliphatic rings. The zero-order valence-electron chi connectivity index (χ0n) is 6.29. The summed E-state index contributed by atoms with van der Waals surface area (Å²) in [5, 5.41) is 11.4. The quantitative estimate of drug-likeness (QED) is 0.485. The maximum Gasteiger partial charge on any atom is 0.142 e. The standard InChI is InChI=1S/C5H12N4/c1-5(2)8(3)6-7-9(5)4/h1-4H3. The van der Waals surface area contributed by atoms with Crippen molar-refractivity contribution in [2.75, 3.05) is 14.1 Å². The van der Waals surface area contributed by atoms with Crippen LogP contribution in [-0.4, -0.2) is 29.8 Å². The average molecular weight is 128 g/mol. The van der Waals surface area contributed by atoms with Crippen LogP contribution in [0.5, 0.6) is 0 Å². The summed E-state index contributed by atoms with van der Waals surface area (Å²) in [6.45, 7) is 4.12. The van der Waals surface area contributed by atoms with E-state index >= 15 is 0 Å². The highest BCUT2D eigenvalue weighted by molar-refractivity contribution is 4.75. The van der Waals surface area contributed by atoms with E-state index in [1.807, 2.05) is 24.1 Å². The molecule has 0 aromatic carbocycles. The summed E-state index contributed by atoms with van der Waals surface area (Å²) in [5.41, 5.74) is -0.0556. The van der Waals surface area contributed by atoms with Gasteiger partial charge in [-0.3, -0.25) is 10.0 Å². The first-order valence-corrected chi connectivity index (χ1v) is 2.94. The maximum absolute atomic E-state index is 3.85. The first-order chi connectivity index (χ1) is 4.05. The van der Waals surface area contributed by atoms with Gasteiger partial charge in [-0.25, -0.2) is 0 Å². The fourth-order valence-corrected chi connectivity index (χ4v) is 0.548. The Balaban J connectivity index is 2.76. The van der Waals surface area contributed by atoms with E-state index in [2.05, 4.69) is 24.3 Å². The minimum atomic E-state index is -0.0556. The molecular formula is C5H12N4. The third-order valence-corrected chi connectivity index (χ3v) is 1.89. The Morgan fingerprint density at radius 1 is 1.00 bits per heavy atom. The summed E-state index contributed by atoms with van der Waals surface area (Å²) >= 11 is 0. The summed E-state index contributed by atoms with van der Waals surface area (Å²) in [6.07, 6.45) is 0. The van der Waals surface area contributed by atoms with Crippen LogP contribution < -0.4 is 0 Å². The largest absolute Gasteiger partial charge is 0.254 e. The molecule has 1 rings (SSSR count). The van der Waals surface area contributed by atoms with E-state index in [9.17, 15) is 0 Å². The van der Waals surface area contributed by atoms with Gasteiger partial charge in [0.2, 0.25) is 0 Å². The summed E-state index contributed by atoms with van der Waals surface area (Å²) in [4.78, 5) is 0. The van der Waals surface area contributed by atoms with E-state index in [0.717, 1.165) is 0 Å². The van der Waals surface area contributed by atoms with E-state index in [4.69, 9.17) is 0 Å². The van der Waals surface area contributed by atoms with Crippen LogP contribution in [-0.2, 0) is 0 Å². The second kappa shape index (κ2) is 1.59. The number of hydrogen-bond donors (Lipinski definition) is 0. The number of hydrogen-bond acceptors (Lipinski definition) is 4. The first-order valence-electron chi connectivity index (χ1n) is 2.94. The van der Waals surface area contributed by atoms with Crippen LogP contribution in [0, 0.1) is 0 Å². The van der Waals surface area contributed by atoms with E-state index in [1.165, 1.54) is 0 Å². The molecule has 0 radical (unpaired) electrons. The molecular weight excluding hydrogens is 116 g/mol. The van der Waals surface area contributed by atoms with Crippen LogP contribution >= 0.6 is 0 Å². The number of nitrogens with zero attached hydrogens (tertiary/aromatic N) is 4. The van der Waals surface area contributed by atoms with Crippen molar-refractivity contribution in [3.8, 4) is 0 Å². The zero-order valence-corrected chi connectivity index (χ0v) is 6.29. The molecule has 0 saturated heterocycles. The fraction of sp³-hybridized carbons (Fsp3) is 1.00. The van der Waals surface area contributed by atoms with Crippen molar-refractivity contribution >= 4 is 0 Å². The van der Waals surface area contributed by atoms with Gasteiger partial charge in [0, 0.05) is 14.1 Å². The normalized spacial score (nSPS) is 23.6. The highest BCUT2D eigenvalue weighted by Gasteiger charge is 2.32. The van der Waals surface area contributed by atoms with Gasteiger partial charge in [-0.05, 0) is 13.8 Å². The van der Waals surface area contributed by atoms with Gasteiger partial charge in [0.15, 0.2) is 0 Å². The lowest BCUT2D eigenvalue weighted by Crippen LogP contribution is -2.44. The Labute approximate surface area is 55.1 Å². The van der Waals surface area contributed by atoms with Crippen LogP contribution in [0.3, 0.4) is 0 Å². The molecule has 0 aromatic rings. The van der Waals surface area contributed by atoms with Gasteiger partial charge in [-0.1, -0.05) is 10.4 Å². The van der Waals surface area contributed by atoms with E-state index < -0.39 is 0 Å². The van der Waals surface area contributed by atoms with E-state index in [0.29, 0.717) is 0 Å². The van der Waals surface area contributed by atoms with Crippen molar-refractivity contribution in [1.82, 2.24) is 10.0 Å². The Hall–Kier alpha value is -0.800. The van der Waals surface area contributed by atoms with Crippen molar-refractivity contribution in [3.05, 3.63) is 0 Å². The van der Waals surface area contributed by atoms with Crippen molar-refractivity contribution in [2.24, 2.45) is 10.4 Å². The van der Waals surface area contributed by atoms with Crippen LogP contribution in [0.2, 0.25) is 0 Å². The predicted octanol–water partition coefficient (Wildman–Crippen LogP) is 0.882. The van der Waals surface area contributed by atoms with E-state index in [1.54, 1.807) is 0 Å². The Morgan fingerprint density at radius 3 is 1.44 bits per heavy atom. The highest BCUT2D eigenvalue weighted by atomic mass is 15.8. The molecule has 4 heteroatoms. The van der Waals surface area contributed by atoms with Gasteiger partial charge in [-0.15, -0.1) is 0 Å². The van der Waals surface area contributed by atoms with Gasteiger partial charge in [-0.2, -0.15) is 0 Å². The number of rotatable bonds is 0. The second-order valence-corrected chi connectivity index (χ2v) is 2.72. The molecule has 0 N–H and O–H groups in total. The van der Waals surface area contributed by atoms with Crippen LogP contribution in [0.1, 0.15) is 13.8 Å². The summed E-state index contributed by atoms with van der Waals surface area (Å²) in [6, 6.07) is 0. The van der Waals surface area contributed by atoms with Gasteiger partial charge in [0.05, 0.1) is 0 Å². The SMILES string of the molecule is CN1N=NN(C)C1(C)C. The van der Waals surface area contributed by atoms with Crippen molar-refractivity contribution in [2.45, 2.75) is 19.5 Å². The topological polar surface area (TPSA) is 31.2 Å². The highest BCUT2D eigenvalue weighted by Crippen LogP contribution is 2.22. The molecule has 0 amide bonds. The maximum atomic E-state index is 3.85. The van der Waals surface area contributed by atoms with Crippen molar-refractivity contribution in [3.63, 3.8) is 0 Å². The Kier molecular flexibility index (Phi) is 1.12. The lowest BCUT2D eigenvalue weighted by molar-refractivity contribution is 0.0626.